The van der Waals surface area contributed by atoms with Gasteiger partial charge in [-0.15, -0.1) is 0 Å². The maximum Gasteiger partial charge on any atom is 0.252 e. The summed E-state index contributed by atoms with van der Waals surface area (Å²) in [5.74, 6) is 0.610. The fourth-order valence-electron chi connectivity index (χ4n) is 2.33. The molecule has 8 nitrogen and oxygen atoms in total. The summed E-state index contributed by atoms with van der Waals surface area (Å²) in [5, 5.41) is 9.29. The number of aromatic nitrogens is 1. The molecule has 1 fully saturated rings. The molecule has 1 saturated heterocycles. The van der Waals surface area contributed by atoms with Crippen LogP contribution in [0.25, 0.3) is 0 Å². The van der Waals surface area contributed by atoms with Gasteiger partial charge in [0.25, 0.3) is 5.91 Å². The summed E-state index contributed by atoms with van der Waals surface area (Å²) in [6, 6.07) is 3.48. The van der Waals surface area contributed by atoms with Gasteiger partial charge in [-0.25, -0.2) is 0 Å². The zero-order chi connectivity index (χ0) is 17.0. The third-order valence-corrected chi connectivity index (χ3v) is 3.67. The van der Waals surface area contributed by atoms with Gasteiger partial charge in [-0.3, -0.25) is 19.7 Å². The first-order valence-electron chi connectivity index (χ1n) is 8.22. The summed E-state index contributed by atoms with van der Waals surface area (Å²) in [5.41, 5.74) is 0.561. The summed E-state index contributed by atoms with van der Waals surface area (Å²) in [6.45, 7) is 6.47. The summed E-state index contributed by atoms with van der Waals surface area (Å²) < 4.78 is 5.33. The van der Waals surface area contributed by atoms with Crippen LogP contribution >= 0.6 is 0 Å². The van der Waals surface area contributed by atoms with Crippen LogP contribution in [-0.4, -0.2) is 81.3 Å². The number of amides is 1. The van der Waals surface area contributed by atoms with Crippen LogP contribution < -0.4 is 16.0 Å². The van der Waals surface area contributed by atoms with E-state index in [0.717, 1.165) is 45.4 Å². The lowest BCUT2D eigenvalue weighted by Crippen LogP contribution is -2.45. The smallest absolute Gasteiger partial charge is 0.252 e. The van der Waals surface area contributed by atoms with Gasteiger partial charge in [0.05, 0.1) is 18.8 Å². The van der Waals surface area contributed by atoms with E-state index < -0.39 is 0 Å². The van der Waals surface area contributed by atoms with Crippen molar-refractivity contribution in [2.45, 2.75) is 0 Å². The van der Waals surface area contributed by atoms with Crippen molar-refractivity contribution in [1.82, 2.24) is 25.8 Å². The second-order valence-corrected chi connectivity index (χ2v) is 5.38. The molecular weight excluding hydrogens is 308 g/mol. The number of rotatable bonds is 7. The predicted octanol–water partition coefficient (Wildman–Crippen LogP) is -0.691. The van der Waals surface area contributed by atoms with E-state index in [-0.39, 0.29) is 5.91 Å². The normalized spacial score (nSPS) is 15.8. The molecule has 1 aromatic rings. The van der Waals surface area contributed by atoms with E-state index in [9.17, 15) is 4.79 Å². The summed E-state index contributed by atoms with van der Waals surface area (Å²) in [6.07, 6.45) is 3.19. The SMILES string of the molecule is CN=C(NCCNC(=O)c1cccnc1)NCCN1CCOCC1. The van der Waals surface area contributed by atoms with Gasteiger partial charge in [0.1, 0.15) is 0 Å². The van der Waals surface area contributed by atoms with Crippen LogP contribution in [0, 0.1) is 0 Å². The fraction of sp³-hybridized carbons (Fsp3) is 0.562. The van der Waals surface area contributed by atoms with Gasteiger partial charge in [0.2, 0.25) is 0 Å². The molecule has 2 heterocycles. The standard InChI is InChI=1S/C16H26N6O2/c1-17-16(21-7-8-22-9-11-24-12-10-22)20-6-5-19-15(23)14-3-2-4-18-13-14/h2-4,13H,5-12H2,1H3,(H,19,23)(H2,17,20,21). The summed E-state index contributed by atoms with van der Waals surface area (Å²) in [7, 11) is 1.73. The second kappa shape index (κ2) is 10.6. The minimum Gasteiger partial charge on any atom is -0.379 e. The highest BCUT2D eigenvalue weighted by Crippen LogP contribution is 1.95. The van der Waals surface area contributed by atoms with E-state index in [1.165, 1.54) is 0 Å². The molecule has 0 aliphatic carbocycles. The first-order chi connectivity index (χ1) is 11.8. The number of hydrogen-bond donors (Lipinski definition) is 3. The van der Waals surface area contributed by atoms with Gasteiger partial charge in [0, 0.05) is 58.7 Å². The zero-order valence-corrected chi connectivity index (χ0v) is 14.1. The Balaban J connectivity index is 1.57. The molecular formula is C16H26N6O2. The van der Waals surface area contributed by atoms with E-state index in [1.807, 2.05) is 0 Å². The van der Waals surface area contributed by atoms with E-state index in [2.05, 4.69) is 30.8 Å². The molecule has 0 spiro atoms. The highest BCUT2D eigenvalue weighted by molar-refractivity contribution is 5.93. The summed E-state index contributed by atoms with van der Waals surface area (Å²) in [4.78, 5) is 22.3. The van der Waals surface area contributed by atoms with Crippen molar-refractivity contribution in [3.8, 4) is 0 Å². The first kappa shape index (κ1) is 18.2. The molecule has 132 valence electrons. The van der Waals surface area contributed by atoms with Gasteiger partial charge in [-0.2, -0.15) is 0 Å². The van der Waals surface area contributed by atoms with Crippen molar-refractivity contribution in [2.75, 3.05) is 59.5 Å². The van der Waals surface area contributed by atoms with Crippen LogP contribution in [0.5, 0.6) is 0 Å². The van der Waals surface area contributed by atoms with E-state index in [0.29, 0.717) is 18.7 Å². The van der Waals surface area contributed by atoms with E-state index >= 15 is 0 Å². The molecule has 2 rings (SSSR count). The Bertz CT molecular complexity index is 517. The zero-order valence-electron chi connectivity index (χ0n) is 14.1. The van der Waals surface area contributed by atoms with Crippen molar-refractivity contribution in [3.05, 3.63) is 30.1 Å². The van der Waals surface area contributed by atoms with Gasteiger partial charge in [-0.1, -0.05) is 0 Å². The van der Waals surface area contributed by atoms with Crippen molar-refractivity contribution in [2.24, 2.45) is 4.99 Å². The molecule has 8 heteroatoms. The number of guanidine groups is 1. The number of carbonyl (C=O) groups is 1. The Morgan fingerprint density at radius 1 is 1.25 bits per heavy atom. The topological polar surface area (TPSA) is 90.9 Å². The van der Waals surface area contributed by atoms with Crippen LogP contribution in [0.2, 0.25) is 0 Å². The number of morpholine rings is 1. The Morgan fingerprint density at radius 2 is 2.00 bits per heavy atom. The molecule has 1 aliphatic heterocycles. The van der Waals surface area contributed by atoms with Crippen LogP contribution in [0.15, 0.2) is 29.5 Å². The molecule has 1 amide bonds. The second-order valence-electron chi connectivity index (χ2n) is 5.38. The fourth-order valence-corrected chi connectivity index (χ4v) is 2.33. The third kappa shape index (κ3) is 6.51. The van der Waals surface area contributed by atoms with E-state index in [1.54, 1.807) is 31.6 Å². The van der Waals surface area contributed by atoms with Crippen LogP contribution in [-0.2, 0) is 4.74 Å². The maximum atomic E-state index is 11.9. The van der Waals surface area contributed by atoms with Gasteiger partial charge < -0.3 is 20.7 Å². The van der Waals surface area contributed by atoms with Crippen LogP contribution in [0.4, 0.5) is 0 Å². The molecule has 0 saturated carbocycles. The third-order valence-electron chi connectivity index (χ3n) is 3.67. The lowest BCUT2D eigenvalue weighted by molar-refractivity contribution is 0.0389. The predicted molar refractivity (Wildman–Crippen MR) is 93.2 cm³/mol. The Kier molecular flexibility index (Phi) is 7.99. The number of hydrogen-bond acceptors (Lipinski definition) is 5. The van der Waals surface area contributed by atoms with Crippen LogP contribution in [0.3, 0.4) is 0 Å². The molecule has 3 N–H and O–H groups in total. The largest absolute Gasteiger partial charge is 0.379 e. The number of pyridine rings is 1. The van der Waals surface area contributed by atoms with Crippen molar-refractivity contribution >= 4 is 11.9 Å². The highest BCUT2D eigenvalue weighted by atomic mass is 16.5. The Morgan fingerprint density at radius 3 is 2.71 bits per heavy atom. The molecule has 0 bridgehead atoms. The minimum absolute atomic E-state index is 0.125. The number of carbonyl (C=O) groups excluding carboxylic acids is 1. The van der Waals surface area contributed by atoms with Crippen molar-refractivity contribution in [1.29, 1.82) is 0 Å². The Labute approximate surface area is 142 Å². The lowest BCUT2D eigenvalue weighted by atomic mass is 10.3. The highest BCUT2D eigenvalue weighted by Gasteiger charge is 2.09. The Hall–Kier alpha value is -2.19. The molecule has 0 aromatic carbocycles. The molecule has 0 atom stereocenters. The molecule has 0 unspecified atom stereocenters. The maximum absolute atomic E-state index is 11.9. The molecule has 0 radical (unpaired) electrons. The number of nitrogens with zero attached hydrogens (tertiary/aromatic N) is 3. The van der Waals surface area contributed by atoms with Crippen LogP contribution in [0.1, 0.15) is 10.4 Å². The van der Waals surface area contributed by atoms with Crippen molar-refractivity contribution in [3.63, 3.8) is 0 Å². The van der Waals surface area contributed by atoms with Gasteiger partial charge in [0.15, 0.2) is 5.96 Å². The number of aliphatic imine (C=N–C) groups is 1. The van der Waals surface area contributed by atoms with E-state index in [4.69, 9.17) is 4.74 Å². The number of ether oxygens (including phenoxy) is 1. The quantitative estimate of drug-likeness (QED) is 0.347. The monoisotopic (exact) mass is 334 g/mol. The summed E-state index contributed by atoms with van der Waals surface area (Å²) >= 11 is 0. The average Bonchev–Trinajstić information content (AvgIpc) is 2.65. The molecule has 1 aliphatic rings. The lowest BCUT2D eigenvalue weighted by Gasteiger charge is -2.26. The van der Waals surface area contributed by atoms with Gasteiger partial charge >= 0.3 is 0 Å². The van der Waals surface area contributed by atoms with Crippen molar-refractivity contribution < 1.29 is 9.53 Å². The minimum atomic E-state index is -0.125. The average molecular weight is 334 g/mol. The molecule has 1 aromatic heterocycles. The first-order valence-corrected chi connectivity index (χ1v) is 8.22. The number of nitrogens with one attached hydrogen (secondary N) is 3. The molecule has 24 heavy (non-hydrogen) atoms. The van der Waals surface area contributed by atoms with Gasteiger partial charge in [-0.05, 0) is 12.1 Å².